The first-order valence-electron chi connectivity index (χ1n) is 12.8. The van der Waals surface area contributed by atoms with Crippen molar-refractivity contribution >= 4 is 17.6 Å². The Hall–Kier alpha value is -5.51. The molecule has 3 heterocycles. The van der Waals surface area contributed by atoms with Crippen molar-refractivity contribution in [2.45, 2.75) is 19.0 Å². The summed E-state index contributed by atoms with van der Waals surface area (Å²) in [6, 6.07) is 24.0. The number of aromatic nitrogens is 4. The lowest BCUT2D eigenvalue weighted by Gasteiger charge is -2.18. The zero-order valence-electron chi connectivity index (χ0n) is 21.8. The molecule has 0 aliphatic carbocycles. The molecule has 0 radical (unpaired) electrons. The van der Waals surface area contributed by atoms with E-state index in [4.69, 9.17) is 0 Å². The third-order valence-electron chi connectivity index (χ3n) is 6.26. The zero-order chi connectivity index (χ0) is 28.6. The quantitative estimate of drug-likeness (QED) is 0.257. The van der Waals surface area contributed by atoms with E-state index in [9.17, 15) is 18.8 Å². The second-order valence-corrected chi connectivity index (χ2v) is 9.11. The van der Waals surface area contributed by atoms with Gasteiger partial charge < -0.3 is 10.6 Å². The van der Waals surface area contributed by atoms with Crippen LogP contribution in [-0.2, 0) is 22.6 Å². The van der Waals surface area contributed by atoms with Crippen molar-refractivity contribution in [1.82, 2.24) is 30.4 Å². The smallest absolute Gasteiger partial charge is 0.289 e. The topological polar surface area (TPSA) is 119 Å². The Morgan fingerprint density at radius 2 is 1.59 bits per heavy atom. The molecule has 0 aliphatic heterocycles. The van der Waals surface area contributed by atoms with Crippen LogP contribution in [0.1, 0.15) is 21.6 Å². The largest absolute Gasteiger partial charge is 0.344 e. The van der Waals surface area contributed by atoms with Gasteiger partial charge >= 0.3 is 0 Å². The Kier molecular flexibility index (Phi) is 8.30. The first kappa shape index (κ1) is 27.1. The average Bonchev–Trinajstić information content (AvgIpc) is 3.51. The van der Waals surface area contributed by atoms with Crippen molar-refractivity contribution in [1.29, 1.82) is 0 Å². The number of halogens is 1. The molecule has 3 aromatic heterocycles. The fraction of sp³-hybridized carbons (Fsp3) is 0.0968. The molecule has 2 amide bonds. The molecule has 1 unspecified atom stereocenters. The number of nitrogens with one attached hydrogen (secondary N) is 2. The summed E-state index contributed by atoms with van der Waals surface area (Å²) in [5.74, 6) is -2.36. The highest BCUT2D eigenvalue weighted by atomic mass is 19.1. The van der Waals surface area contributed by atoms with E-state index in [-0.39, 0.29) is 30.2 Å². The van der Waals surface area contributed by atoms with E-state index < -0.39 is 23.6 Å². The van der Waals surface area contributed by atoms with Crippen LogP contribution in [-0.4, -0.2) is 43.4 Å². The Morgan fingerprint density at radius 3 is 2.34 bits per heavy atom. The van der Waals surface area contributed by atoms with Gasteiger partial charge in [0, 0.05) is 30.6 Å². The van der Waals surface area contributed by atoms with E-state index >= 15 is 0 Å². The number of pyridine rings is 2. The Morgan fingerprint density at radius 1 is 0.829 bits per heavy atom. The molecule has 0 saturated heterocycles. The third-order valence-corrected chi connectivity index (χ3v) is 6.26. The molecule has 9 nitrogen and oxygen atoms in total. The van der Waals surface area contributed by atoms with Gasteiger partial charge in [-0.2, -0.15) is 5.10 Å². The maximum Gasteiger partial charge on any atom is 0.289 e. The summed E-state index contributed by atoms with van der Waals surface area (Å²) in [5.41, 5.74) is 2.77. The monoisotopic (exact) mass is 548 g/mol. The first-order chi connectivity index (χ1) is 20.0. The highest BCUT2D eigenvalue weighted by molar-refractivity contribution is 6.38. The predicted molar refractivity (Wildman–Crippen MR) is 149 cm³/mol. The van der Waals surface area contributed by atoms with Crippen molar-refractivity contribution in [3.8, 4) is 17.1 Å². The van der Waals surface area contributed by atoms with E-state index in [0.29, 0.717) is 17.0 Å². The summed E-state index contributed by atoms with van der Waals surface area (Å²) in [5, 5.41) is 9.81. The fourth-order valence-corrected chi connectivity index (χ4v) is 4.19. The van der Waals surface area contributed by atoms with E-state index in [0.717, 1.165) is 5.56 Å². The van der Waals surface area contributed by atoms with Crippen molar-refractivity contribution in [3.05, 3.63) is 132 Å². The standard InChI is InChI=1S/C31H25FN6O3/c32-23-13-11-22(12-14-23)26-15-18-38(37-26)29-25(10-6-17-34-29)30(40)36-27(19-21-7-2-1-3-8-21)28(39)31(41)35-20-24-9-4-5-16-33-24/h1-18,27H,19-20H2,(H,35,41)(H,36,40). The normalized spacial score (nSPS) is 11.4. The minimum atomic E-state index is -1.14. The van der Waals surface area contributed by atoms with Crippen LogP contribution in [0.4, 0.5) is 4.39 Å². The zero-order valence-corrected chi connectivity index (χ0v) is 21.8. The maximum atomic E-state index is 13.5. The number of ketones is 1. The molecule has 0 aliphatic rings. The summed E-state index contributed by atoms with van der Waals surface area (Å²) in [6.45, 7) is 0.0693. The number of hydrogen-bond acceptors (Lipinski definition) is 6. The highest BCUT2D eigenvalue weighted by Crippen LogP contribution is 2.20. The molecule has 5 aromatic rings. The lowest BCUT2D eigenvalue weighted by Crippen LogP contribution is -2.48. The van der Waals surface area contributed by atoms with Crippen molar-refractivity contribution in [2.24, 2.45) is 0 Å². The van der Waals surface area contributed by atoms with Gasteiger partial charge in [-0.25, -0.2) is 14.1 Å². The summed E-state index contributed by atoms with van der Waals surface area (Å²) in [7, 11) is 0. The summed E-state index contributed by atoms with van der Waals surface area (Å²) in [6.07, 6.45) is 4.85. The molecule has 2 aromatic carbocycles. The van der Waals surface area contributed by atoms with Crippen LogP contribution in [0.2, 0.25) is 0 Å². The van der Waals surface area contributed by atoms with Gasteiger partial charge in [0.25, 0.3) is 11.8 Å². The van der Waals surface area contributed by atoms with Gasteiger partial charge in [-0.3, -0.25) is 19.4 Å². The molecular formula is C31H25FN6O3. The molecular weight excluding hydrogens is 523 g/mol. The van der Waals surface area contributed by atoms with Gasteiger partial charge in [0.05, 0.1) is 23.5 Å². The molecule has 0 saturated carbocycles. The molecule has 0 spiro atoms. The molecule has 10 heteroatoms. The van der Waals surface area contributed by atoms with E-state index in [1.54, 1.807) is 60.9 Å². The lowest BCUT2D eigenvalue weighted by atomic mass is 10.0. The van der Waals surface area contributed by atoms with Crippen molar-refractivity contribution in [2.75, 3.05) is 0 Å². The van der Waals surface area contributed by atoms with Crippen LogP contribution in [0, 0.1) is 5.82 Å². The van der Waals surface area contributed by atoms with Gasteiger partial charge in [-0.15, -0.1) is 0 Å². The van der Waals surface area contributed by atoms with Crippen molar-refractivity contribution < 1.29 is 18.8 Å². The number of rotatable bonds is 10. The number of hydrogen-bond donors (Lipinski definition) is 2. The van der Waals surface area contributed by atoms with Gasteiger partial charge in [0.15, 0.2) is 5.82 Å². The summed E-state index contributed by atoms with van der Waals surface area (Å²) >= 11 is 0. The third kappa shape index (κ3) is 6.74. The van der Waals surface area contributed by atoms with E-state index in [2.05, 4.69) is 25.7 Å². The van der Waals surface area contributed by atoms with Gasteiger partial charge in [-0.05, 0) is 60.2 Å². The molecule has 2 N–H and O–H groups in total. The minimum Gasteiger partial charge on any atom is -0.344 e. The van der Waals surface area contributed by atoms with Gasteiger partial charge in [0.2, 0.25) is 5.78 Å². The second kappa shape index (κ2) is 12.6. The molecule has 204 valence electrons. The predicted octanol–water partition coefficient (Wildman–Crippen LogP) is 3.70. The van der Waals surface area contributed by atoms with Crippen LogP contribution < -0.4 is 10.6 Å². The number of Topliss-reactive ketones (excluding diaryl/α,β-unsaturated/α-hetero) is 1. The van der Waals surface area contributed by atoms with Gasteiger partial charge in [0.1, 0.15) is 11.9 Å². The maximum absolute atomic E-state index is 13.5. The van der Waals surface area contributed by atoms with Crippen LogP contribution >= 0.6 is 0 Å². The molecule has 41 heavy (non-hydrogen) atoms. The number of nitrogens with zero attached hydrogens (tertiary/aromatic N) is 4. The number of carbonyl (C=O) groups is 3. The van der Waals surface area contributed by atoms with Gasteiger partial charge in [-0.1, -0.05) is 36.4 Å². The van der Waals surface area contributed by atoms with Crippen LogP contribution in [0.25, 0.3) is 17.1 Å². The SMILES string of the molecule is O=C(NCc1ccccn1)C(=O)C(Cc1ccccc1)NC(=O)c1cccnc1-n1ccc(-c2ccc(F)cc2)n1. The highest BCUT2D eigenvalue weighted by Gasteiger charge is 2.28. The van der Waals surface area contributed by atoms with Crippen LogP contribution in [0.3, 0.4) is 0 Å². The Labute approximate surface area is 235 Å². The van der Waals surface area contributed by atoms with Crippen molar-refractivity contribution in [3.63, 3.8) is 0 Å². The molecule has 5 rings (SSSR count). The molecule has 0 bridgehead atoms. The second-order valence-electron chi connectivity index (χ2n) is 9.11. The van der Waals surface area contributed by atoms with E-state index in [1.165, 1.54) is 23.0 Å². The van der Waals surface area contributed by atoms with Crippen LogP contribution in [0.5, 0.6) is 0 Å². The van der Waals surface area contributed by atoms with Crippen LogP contribution in [0.15, 0.2) is 110 Å². The molecule has 1 atom stereocenters. The Balaban J connectivity index is 1.37. The fourth-order valence-electron chi connectivity index (χ4n) is 4.19. The summed E-state index contributed by atoms with van der Waals surface area (Å²) < 4.78 is 14.8. The molecule has 0 fully saturated rings. The first-order valence-corrected chi connectivity index (χ1v) is 12.8. The number of amides is 2. The van der Waals surface area contributed by atoms with E-state index in [1.807, 2.05) is 30.3 Å². The average molecular weight is 549 g/mol. The lowest BCUT2D eigenvalue weighted by molar-refractivity contribution is -0.139. The minimum absolute atomic E-state index is 0.0693. The number of carbonyl (C=O) groups excluding carboxylic acids is 3. The number of benzene rings is 2. The Bertz CT molecular complexity index is 1660. The summed E-state index contributed by atoms with van der Waals surface area (Å²) in [4.78, 5) is 48.1.